The summed E-state index contributed by atoms with van der Waals surface area (Å²) in [6.07, 6.45) is 1.50. The van der Waals surface area contributed by atoms with E-state index in [4.69, 9.17) is 23.4 Å². The van der Waals surface area contributed by atoms with Crippen molar-refractivity contribution >= 4 is 16.9 Å². The second kappa shape index (κ2) is 9.85. The second-order valence-corrected chi connectivity index (χ2v) is 8.92. The Kier molecular flexibility index (Phi) is 6.44. The van der Waals surface area contributed by atoms with Crippen LogP contribution in [0, 0.1) is 0 Å². The number of fused-ring (bicyclic) bond motifs is 3. The fourth-order valence-corrected chi connectivity index (χ4v) is 4.62. The third kappa shape index (κ3) is 4.44. The summed E-state index contributed by atoms with van der Waals surface area (Å²) in [5.74, 6) is 1.00. The van der Waals surface area contributed by atoms with Crippen LogP contribution in [-0.2, 0) is 4.79 Å². The first-order valence-electron chi connectivity index (χ1n) is 11.8. The summed E-state index contributed by atoms with van der Waals surface area (Å²) >= 11 is 0. The molecule has 0 amide bonds. The van der Waals surface area contributed by atoms with Crippen molar-refractivity contribution in [3.8, 4) is 34.1 Å². The SMILES string of the molecule is C=C(C)COc1ccccc1C1CC(=O)Oc2cc(OC)c3c(=O)c(-c4ccc(OC)cc4)coc3c21. The zero-order valence-electron chi connectivity index (χ0n) is 20.8. The number of rotatable bonds is 7. The van der Waals surface area contributed by atoms with E-state index in [0.29, 0.717) is 46.1 Å². The van der Waals surface area contributed by atoms with E-state index < -0.39 is 11.9 Å². The molecule has 2 heterocycles. The van der Waals surface area contributed by atoms with Gasteiger partial charge in [0.15, 0.2) is 0 Å². The van der Waals surface area contributed by atoms with Gasteiger partial charge in [0.05, 0.1) is 26.2 Å². The lowest BCUT2D eigenvalue weighted by atomic mass is 9.84. The average molecular weight is 499 g/mol. The van der Waals surface area contributed by atoms with E-state index in [0.717, 1.165) is 11.1 Å². The number of benzene rings is 3. The Labute approximate surface area is 213 Å². The maximum Gasteiger partial charge on any atom is 0.312 e. The number of carbonyl (C=O) groups excluding carboxylic acids is 1. The van der Waals surface area contributed by atoms with Gasteiger partial charge in [-0.3, -0.25) is 9.59 Å². The molecule has 0 fully saturated rings. The van der Waals surface area contributed by atoms with E-state index in [9.17, 15) is 9.59 Å². The van der Waals surface area contributed by atoms with Crippen LogP contribution in [-0.4, -0.2) is 26.8 Å². The number of hydrogen-bond donors (Lipinski definition) is 0. The van der Waals surface area contributed by atoms with Crippen molar-refractivity contribution in [2.24, 2.45) is 0 Å². The lowest BCUT2D eigenvalue weighted by Gasteiger charge is -2.27. The fraction of sp³-hybridized carbons (Fsp3) is 0.200. The number of ether oxygens (including phenoxy) is 4. The minimum Gasteiger partial charge on any atom is -0.497 e. The molecule has 1 aromatic heterocycles. The zero-order chi connectivity index (χ0) is 26.1. The van der Waals surface area contributed by atoms with Gasteiger partial charge in [-0.15, -0.1) is 0 Å². The lowest BCUT2D eigenvalue weighted by molar-refractivity contribution is -0.135. The van der Waals surface area contributed by atoms with E-state index in [1.807, 2.05) is 31.2 Å². The predicted molar refractivity (Wildman–Crippen MR) is 140 cm³/mol. The Hall–Kier alpha value is -4.52. The number of esters is 1. The van der Waals surface area contributed by atoms with Crippen molar-refractivity contribution in [1.82, 2.24) is 0 Å². The molecule has 5 rings (SSSR count). The maximum atomic E-state index is 13.8. The van der Waals surface area contributed by atoms with E-state index in [1.165, 1.54) is 13.4 Å². The molecule has 0 saturated heterocycles. The summed E-state index contributed by atoms with van der Waals surface area (Å²) in [7, 11) is 3.04. The van der Waals surface area contributed by atoms with Crippen LogP contribution in [0.3, 0.4) is 0 Å². The Bertz CT molecular complexity index is 1560. The van der Waals surface area contributed by atoms with Crippen LogP contribution in [0.2, 0.25) is 0 Å². The van der Waals surface area contributed by atoms with Gasteiger partial charge in [0, 0.05) is 23.1 Å². The molecule has 0 saturated carbocycles. The average Bonchev–Trinajstić information content (AvgIpc) is 2.91. The molecule has 0 bridgehead atoms. The summed E-state index contributed by atoms with van der Waals surface area (Å²) in [6, 6.07) is 16.2. The third-order valence-electron chi connectivity index (χ3n) is 6.34. The Morgan fingerprint density at radius 3 is 2.49 bits per heavy atom. The molecule has 0 aliphatic carbocycles. The van der Waals surface area contributed by atoms with E-state index >= 15 is 0 Å². The summed E-state index contributed by atoms with van der Waals surface area (Å²) < 4.78 is 28.5. The van der Waals surface area contributed by atoms with Crippen LogP contribution in [0.1, 0.15) is 30.4 Å². The molecule has 188 valence electrons. The highest BCUT2D eigenvalue weighted by molar-refractivity contribution is 5.94. The molecular formula is C30H26O7. The normalized spacial score (nSPS) is 14.6. The summed E-state index contributed by atoms with van der Waals surface area (Å²) in [6.45, 7) is 6.12. The maximum absolute atomic E-state index is 13.8. The standard InChI is InChI=1S/C30H26O7/c1-17(2)15-35-23-8-6-5-7-20(23)21-13-26(31)37-25-14-24(34-4)28-29(32)22(16-36-30(28)27(21)25)18-9-11-19(33-3)12-10-18/h5-12,14,16,21H,1,13,15H2,2-4H3. The van der Waals surface area contributed by atoms with Gasteiger partial charge in [0.25, 0.3) is 0 Å². The Morgan fingerprint density at radius 2 is 1.78 bits per heavy atom. The molecule has 4 aromatic rings. The molecule has 0 radical (unpaired) electrons. The first-order valence-corrected chi connectivity index (χ1v) is 11.8. The summed E-state index contributed by atoms with van der Waals surface area (Å²) in [5, 5.41) is 0.276. The quantitative estimate of drug-likeness (QED) is 0.179. The molecular weight excluding hydrogens is 472 g/mol. The van der Waals surface area contributed by atoms with Crippen LogP contribution in [0.5, 0.6) is 23.0 Å². The first-order chi connectivity index (χ1) is 17.9. The van der Waals surface area contributed by atoms with Crippen LogP contribution in [0.4, 0.5) is 0 Å². The van der Waals surface area contributed by atoms with Crippen molar-refractivity contribution in [2.75, 3.05) is 20.8 Å². The van der Waals surface area contributed by atoms with Gasteiger partial charge in [-0.05, 0) is 36.3 Å². The molecule has 37 heavy (non-hydrogen) atoms. The monoisotopic (exact) mass is 498 g/mol. The van der Waals surface area contributed by atoms with Crippen LogP contribution in [0.15, 0.2) is 82.2 Å². The summed E-state index contributed by atoms with van der Waals surface area (Å²) in [4.78, 5) is 26.4. The predicted octanol–water partition coefficient (Wildman–Crippen LogP) is 5.87. The summed E-state index contributed by atoms with van der Waals surface area (Å²) in [5.41, 5.74) is 3.36. The molecule has 1 unspecified atom stereocenters. The Balaban J connectivity index is 1.73. The van der Waals surface area contributed by atoms with Gasteiger partial charge in [-0.25, -0.2) is 0 Å². The van der Waals surface area contributed by atoms with Gasteiger partial charge in [0.1, 0.15) is 46.8 Å². The molecule has 0 N–H and O–H groups in total. The van der Waals surface area contributed by atoms with Crippen molar-refractivity contribution in [1.29, 1.82) is 0 Å². The minimum absolute atomic E-state index is 0.0613. The van der Waals surface area contributed by atoms with Crippen molar-refractivity contribution in [3.05, 3.63) is 94.4 Å². The number of carbonyl (C=O) groups is 1. The smallest absolute Gasteiger partial charge is 0.312 e. The number of hydrogen-bond acceptors (Lipinski definition) is 7. The topological polar surface area (TPSA) is 84.2 Å². The first kappa shape index (κ1) is 24.2. The van der Waals surface area contributed by atoms with Crippen LogP contribution < -0.4 is 24.4 Å². The van der Waals surface area contributed by atoms with Gasteiger partial charge >= 0.3 is 5.97 Å². The molecule has 1 aliphatic rings. The molecule has 1 atom stereocenters. The van der Waals surface area contributed by atoms with E-state index in [1.54, 1.807) is 37.4 Å². The highest BCUT2D eigenvalue weighted by Gasteiger charge is 2.35. The number of methoxy groups -OCH3 is 2. The molecule has 7 nitrogen and oxygen atoms in total. The second-order valence-electron chi connectivity index (χ2n) is 8.92. The fourth-order valence-electron chi connectivity index (χ4n) is 4.62. The Morgan fingerprint density at radius 1 is 1.03 bits per heavy atom. The number of para-hydroxylation sites is 1. The minimum atomic E-state index is -0.457. The van der Waals surface area contributed by atoms with Crippen LogP contribution in [0.25, 0.3) is 22.1 Å². The van der Waals surface area contributed by atoms with Crippen molar-refractivity contribution < 1.29 is 28.2 Å². The van der Waals surface area contributed by atoms with Gasteiger partial charge in [-0.1, -0.05) is 36.9 Å². The van der Waals surface area contributed by atoms with E-state index in [2.05, 4.69) is 6.58 Å². The van der Waals surface area contributed by atoms with Crippen molar-refractivity contribution in [2.45, 2.75) is 19.3 Å². The zero-order valence-corrected chi connectivity index (χ0v) is 20.8. The van der Waals surface area contributed by atoms with Crippen molar-refractivity contribution in [3.63, 3.8) is 0 Å². The highest BCUT2D eigenvalue weighted by atomic mass is 16.5. The van der Waals surface area contributed by atoms with Gasteiger partial charge < -0.3 is 23.4 Å². The van der Waals surface area contributed by atoms with E-state index in [-0.39, 0.29) is 23.0 Å². The van der Waals surface area contributed by atoms with Gasteiger partial charge in [0.2, 0.25) is 5.43 Å². The molecule has 3 aromatic carbocycles. The highest BCUT2D eigenvalue weighted by Crippen LogP contribution is 2.47. The van der Waals surface area contributed by atoms with Crippen LogP contribution >= 0.6 is 0 Å². The largest absolute Gasteiger partial charge is 0.497 e. The molecule has 0 spiro atoms. The molecule has 7 heteroatoms. The third-order valence-corrected chi connectivity index (χ3v) is 6.34. The molecule has 1 aliphatic heterocycles. The lowest BCUT2D eigenvalue weighted by Crippen LogP contribution is -2.23. The van der Waals surface area contributed by atoms with Gasteiger partial charge in [-0.2, -0.15) is 0 Å².